The van der Waals surface area contributed by atoms with Gasteiger partial charge in [0.2, 0.25) is 0 Å². The molecule has 8 nitrogen and oxygen atoms in total. The standard InChI is InChI=1S/C26H32O8/c1-17(2)25(29)33-15-19(27)13-31-23-11-7-5-9-21(23)22-10-6-8-12-24(22)32-14-20(28)16-34-26(30)18(3)4/h5-12,18-20,27-28H,1,13-16H2,2-4H3. The van der Waals surface area contributed by atoms with Crippen LogP contribution in [-0.2, 0) is 19.1 Å². The lowest BCUT2D eigenvalue weighted by molar-refractivity contribution is -0.150. The van der Waals surface area contributed by atoms with Gasteiger partial charge in [0.25, 0.3) is 0 Å². The first-order valence-electron chi connectivity index (χ1n) is 11.0. The molecule has 8 heteroatoms. The van der Waals surface area contributed by atoms with E-state index in [4.69, 9.17) is 18.9 Å². The Morgan fingerprint density at radius 2 is 1.24 bits per heavy atom. The molecule has 2 N–H and O–H groups in total. The third-order valence-corrected chi connectivity index (χ3v) is 4.57. The number of carbonyl (C=O) groups excluding carboxylic acids is 2. The fourth-order valence-electron chi connectivity index (χ4n) is 2.74. The van der Waals surface area contributed by atoms with E-state index < -0.39 is 18.2 Å². The minimum absolute atomic E-state index is 0.0712. The highest BCUT2D eigenvalue weighted by Crippen LogP contribution is 2.36. The van der Waals surface area contributed by atoms with E-state index in [1.54, 1.807) is 38.1 Å². The molecule has 2 aromatic carbocycles. The molecule has 0 aromatic heterocycles. The normalized spacial score (nSPS) is 12.5. The van der Waals surface area contributed by atoms with Gasteiger partial charge in [-0.25, -0.2) is 4.79 Å². The Hall–Kier alpha value is -3.36. The molecule has 0 radical (unpaired) electrons. The average molecular weight is 473 g/mol. The summed E-state index contributed by atoms with van der Waals surface area (Å²) in [5, 5.41) is 20.2. The van der Waals surface area contributed by atoms with Gasteiger partial charge in [-0.3, -0.25) is 4.79 Å². The maximum Gasteiger partial charge on any atom is 0.333 e. The molecule has 2 aromatic rings. The smallest absolute Gasteiger partial charge is 0.333 e. The van der Waals surface area contributed by atoms with Crippen molar-refractivity contribution >= 4 is 11.9 Å². The molecule has 0 aliphatic rings. The summed E-state index contributed by atoms with van der Waals surface area (Å²) < 4.78 is 21.6. The molecule has 0 saturated carbocycles. The number of aliphatic hydroxyl groups excluding tert-OH is 2. The van der Waals surface area contributed by atoms with Crippen molar-refractivity contribution in [1.29, 1.82) is 0 Å². The van der Waals surface area contributed by atoms with Crippen molar-refractivity contribution < 1.29 is 38.7 Å². The molecule has 0 saturated heterocycles. The molecule has 0 aliphatic carbocycles. The van der Waals surface area contributed by atoms with Crippen LogP contribution in [0.15, 0.2) is 60.7 Å². The van der Waals surface area contributed by atoms with Gasteiger partial charge in [0.05, 0.1) is 5.92 Å². The molecule has 0 spiro atoms. The summed E-state index contributed by atoms with van der Waals surface area (Å²) in [5.41, 5.74) is 1.68. The zero-order valence-corrected chi connectivity index (χ0v) is 19.7. The van der Waals surface area contributed by atoms with Crippen molar-refractivity contribution in [2.75, 3.05) is 26.4 Å². The van der Waals surface area contributed by atoms with Crippen molar-refractivity contribution in [3.05, 3.63) is 60.7 Å². The Labute approximate surface area is 199 Å². The number of para-hydroxylation sites is 2. The highest BCUT2D eigenvalue weighted by atomic mass is 16.6. The SMILES string of the molecule is C=C(C)C(=O)OCC(O)COc1ccccc1-c1ccccc1OCC(O)COC(=O)C(C)C. The predicted octanol–water partition coefficient (Wildman–Crippen LogP) is 3.15. The number of aliphatic hydroxyl groups is 2. The van der Waals surface area contributed by atoms with E-state index in [-0.39, 0.29) is 43.9 Å². The first-order chi connectivity index (χ1) is 16.2. The van der Waals surface area contributed by atoms with E-state index >= 15 is 0 Å². The summed E-state index contributed by atoms with van der Waals surface area (Å²) in [5.74, 6) is -0.241. The van der Waals surface area contributed by atoms with E-state index in [9.17, 15) is 19.8 Å². The largest absolute Gasteiger partial charge is 0.490 e. The summed E-state index contributed by atoms with van der Waals surface area (Å²) >= 11 is 0. The number of benzene rings is 2. The van der Waals surface area contributed by atoms with E-state index in [0.29, 0.717) is 22.6 Å². The van der Waals surface area contributed by atoms with Crippen LogP contribution >= 0.6 is 0 Å². The van der Waals surface area contributed by atoms with Gasteiger partial charge in [-0.1, -0.05) is 56.8 Å². The Morgan fingerprint density at radius 3 is 1.68 bits per heavy atom. The first-order valence-corrected chi connectivity index (χ1v) is 11.0. The number of hydrogen-bond acceptors (Lipinski definition) is 8. The third-order valence-electron chi connectivity index (χ3n) is 4.57. The lowest BCUT2D eigenvalue weighted by Crippen LogP contribution is -2.26. The Bertz CT molecular complexity index is 969. The molecule has 2 rings (SSSR count). The molecule has 0 bridgehead atoms. The van der Waals surface area contributed by atoms with Crippen LogP contribution in [0, 0.1) is 5.92 Å². The zero-order valence-electron chi connectivity index (χ0n) is 19.7. The second-order valence-electron chi connectivity index (χ2n) is 8.09. The van der Waals surface area contributed by atoms with Gasteiger partial charge in [0, 0.05) is 16.7 Å². The molecule has 0 fully saturated rings. The quantitative estimate of drug-likeness (QED) is 0.338. The summed E-state index contributed by atoms with van der Waals surface area (Å²) in [6.07, 6.45) is -2.01. The Morgan fingerprint density at radius 1 is 0.794 bits per heavy atom. The van der Waals surface area contributed by atoms with Crippen molar-refractivity contribution in [3.63, 3.8) is 0 Å². The topological polar surface area (TPSA) is 112 Å². The fraction of sp³-hybridized carbons (Fsp3) is 0.385. The fourth-order valence-corrected chi connectivity index (χ4v) is 2.74. The maximum atomic E-state index is 11.6. The average Bonchev–Trinajstić information content (AvgIpc) is 2.83. The van der Waals surface area contributed by atoms with Crippen LogP contribution in [0.25, 0.3) is 11.1 Å². The molecule has 0 aliphatic heterocycles. The van der Waals surface area contributed by atoms with Crippen molar-refractivity contribution in [3.8, 4) is 22.6 Å². The van der Waals surface area contributed by atoms with Crippen molar-refractivity contribution in [2.45, 2.75) is 33.0 Å². The Kier molecular flexibility index (Phi) is 10.6. The summed E-state index contributed by atoms with van der Waals surface area (Å²) in [7, 11) is 0. The Balaban J connectivity index is 2.03. The minimum atomic E-state index is -1.02. The second kappa shape index (κ2) is 13.4. The van der Waals surface area contributed by atoms with Crippen LogP contribution in [0.2, 0.25) is 0 Å². The van der Waals surface area contributed by atoms with Gasteiger partial charge in [-0.15, -0.1) is 0 Å². The van der Waals surface area contributed by atoms with Crippen molar-refractivity contribution in [1.82, 2.24) is 0 Å². The van der Waals surface area contributed by atoms with Crippen LogP contribution in [0.1, 0.15) is 20.8 Å². The van der Waals surface area contributed by atoms with Gasteiger partial charge in [0.1, 0.15) is 50.1 Å². The van der Waals surface area contributed by atoms with Crippen LogP contribution in [0.3, 0.4) is 0 Å². The number of esters is 2. The lowest BCUT2D eigenvalue weighted by atomic mass is 10.0. The summed E-state index contributed by atoms with van der Waals surface area (Å²) in [4.78, 5) is 23.1. The molecule has 2 atom stereocenters. The van der Waals surface area contributed by atoms with E-state index in [1.165, 1.54) is 6.92 Å². The molecular formula is C26H32O8. The minimum Gasteiger partial charge on any atom is -0.490 e. The molecule has 2 unspecified atom stereocenters. The van der Waals surface area contributed by atoms with Gasteiger partial charge in [-0.05, 0) is 19.1 Å². The monoisotopic (exact) mass is 472 g/mol. The number of hydrogen-bond donors (Lipinski definition) is 2. The van der Waals surface area contributed by atoms with Gasteiger partial charge >= 0.3 is 11.9 Å². The highest BCUT2D eigenvalue weighted by molar-refractivity contribution is 5.86. The summed E-state index contributed by atoms with van der Waals surface area (Å²) in [6, 6.07) is 14.5. The molecule has 184 valence electrons. The van der Waals surface area contributed by atoms with Crippen molar-refractivity contribution in [2.24, 2.45) is 5.92 Å². The third kappa shape index (κ3) is 8.53. The van der Waals surface area contributed by atoms with Gasteiger partial charge in [-0.2, -0.15) is 0 Å². The van der Waals surface area contributed by atoms with Crippen LogP contribution in [-0.4, -0.2) is 60.8 Å². The van der Waals surface area contributed by atoms with Gasteiger partial charge < -0.3 is 29.2 Å². The number of ether oxygens (including phenoxy) is 4. The molecular weight excluding hydrogens is 440 g/mol. The van der Waals surface area contributed by atoms with Crippen LogP contribution in [0.4, 0.5) is 0 Å². The van der Waals surface area contributed by atoms with Crippen LogP contribution in [0.5, 0.6) is 11.5 Å². The number of rotatable bonds is 13. The van der Waals surface area contributed by atoms with Crippen LogP contribution < -0.4 is 9.47 Å². The maximum absolute atomic E-state index is 11.6. The molecule has 0 heterocycles. The molecule has 34 heavy (non-hydrogen) atoms. The van der Waals surface area contributed by atoms with E-state index in [1.807, 2.05) is 24.3 Å². The first kappa shape index (κ1) is 26.9. The number of carbonyl (C=O) groups is 2. The predicted molar refractivity (Wildman–Crippen MR) is 126 cm³/mol. The molecule has 0 amide bonds. The zero-order chi connectivity index (χ0) is 25.1. The summed E-state index contributed by atoms with van der Waals surface area (Å²) in [6.45, 7) is 7.91. The second-order valence-corrected chi connectivity index (χ2v) is 8.09. The van der Waals surface area contributed by atoms with E-state index in [2.05, 4.69) is 6.58 Å². The lowest BCUT2D eigenvalue weighted by Gasteiger charge is -2.18. The van der Waals surface area contributed by atoms with E-state index in [0.717, 1.165) is 0 Å². The highest BCUT2D eigenvalue weighted by Gasteiger charge is 2.16. The van der Waals surface area contributed by atoms with Gasteiger partial charge in [0.15, 0.2) is 0 Å².